The number of aryl methyl sites for hydroxylation is 1. The molecule has 0 aliphatic carbocycles. The van der Waals surface area contributed by atoms with E-state index in [0.29, 0.717) is 30.3 Å². The number of morpholine rings is 1. The lowest BCUT2D eigenvalue weighted by Crippen LogP contribution is -2.43. The zero-order valence-corrected chi connectivity index (χ0v) is 14.5. The minimum Gasteiger partial charge on any atom is -0.379 e. The molecule has 128 valence electrons. The van der Waals surface area contributed by atoms with Crippen molar-refractivity contribution >= 4 is 17.5 Å². The van der Waals surface area contributed by atoms with Gasteiger partial charge in [0.25, 0.3) is 5.91 Å². The molecule has 1 saturated heterocycles. The Morgan fingerprint density at radius 3 is 2.83 bits per heavy atom. The molecule has 2 aromatic rings. The fourth-order valence-corrected chi connectivity index (χ4v) is 3.24. The molecule has 1 aromatic heterocycles. The molecular weight excluding hydrogens is 326 g/mol. The summed E-state index contributed by atoms with van der Waals surface area (Å²) in [4.78, 5) is 17.8. The van der Waals surface area contributed by atoms with Crippen molar-refractivity contribution < 1.29 is 9.53 Å². The van der Waals surface area contributed by atoms with Gasteiger partial charge in [0.2, 0.25) is 0 Å². The van der Waals surface area contributed by atoms with E-state index in [1.165, 1.54) is 0 Å². The quantitative estimate of drug-likeness (QED) is 0.874. The number of hydrogen-bond donors (Lipinski definition) is 2. The van der Waals surface area contributed by atoms with E-state index < -0.39 is 0 Å². The second kappa shape index (κ2) is 7.83. The van der Waals surface area contributed by atoms with E-state index in [1.807, 2.05) is 25.1 Å². The molecule has 0 saturated carbocycles. The van der Waals surface area contributed by atoms with Crippen LogP contribution in [0.5, 0.6) is 0 Å². The Labute approximate surface area is 146 Å². The molecule has 24 heavy (non-hydrogen) atoms. The SMILES string of the molecule is Cc1[nH]ccc1C(=O)NC[C@@H](c1cccc(Cl)c1)N1CCOCC1. The number of halogens is 1. The molecule has 2 heterocycles. The highest BCUT2D eigenvalue weighted by molar-refractivity contribution is 6.30. The molecule has 5 nitrogen and oxygen atoms in total. The van der Waals surface area contributed by atoms with Gasteiger partial charge in [-0.2, -0.15) is 0 Å². The number of H-pyrrole nitrogens is 1. The van der Waals surface area contributed by atoms with E-state index in [9.17, 15) is 4.79 Å². The summed E-state index contributed by atoms with van der Waals surface area (Å²) in [6.45, 7) is 5.53. The highest BCUT2D eigenvalue weighted by Crippen LogP contribution is 2.24. The molecule has 1 atom stereocenters. The zero-order valence-electron chi connectivity index (χ0n) is 13.7. The number of nitrogens with zero attached hydrogens (tertiary/aromatic N) is 1. The largest absolute Gasteiger partial charge is 0.379 e. The Bertz CT molecular complexity index is 695. The molecule has 1 aliphatic rings. The van der Waals surface area contributed by atoms with Crippen LogP contribution >= 0.6 is 11.6 Å². The Kier molecular flexibility index (Phi) is 5.56. The molecule has 2 N–H and O–H groups in total. The lowest BCUT2D eigenvalue weighted by molar-refractivity contribution is 0.0162. The Hall–Kier alpha value is -1.82. The van der Waals surface area contributed by atoms with Crippen molar-refractivity contribution in [3.8, 4) is 0 Å². The number of rotatable bonds is 5. The fourth-order valence-electron chi connectivity index (χ4n) is 3.04. The van der Waals surface area contributed by atoms with Crippen LogP contribution in [0.2, 0.25) is 5.02 Å². The van der Waals surface area contributed by atoms with Crippen molar-refractivity contribution in [2.24, 2.45) is 0 Å². The molecule has 0 bridgehead atoms. The summed E-state index contributed by atoms with van der Waals surface area (Å²) in [6.07, 6.45) is 1.78. The first-order valence-corrected chi connectivity index (χ1v) is 8.52. The lowest BCUT2D eigenvalue weighted by atomic mass is 10.0. The summed E-state index contributed by atoms with van der Waals surface area (Å²) >= 11 is 6.16. The van der Waals surface area contributed by atoms with Crippen LogP contribution in [0, 0.1) is 6.92 Å². The van der Waals surface area contributed by atoms with Gasteiger partial charge in [-0.15, -0.1) is 0 Å². The fraction of sp³-hybridized carbons (Fsp3) is 0.389. The summed E-state index contributed by atoms with van der Waals surface area (Å²) < 4.78 is 5.45. The molecule has 1 fully saturated rings. The Balaban J connectivity index is 1.74. The number of nitrogens with one attached hydrogen (secondary N) is 2. The van der Waals surface area contributed by atoms with Crippen LogP contribution in [-0.2, 0) is 4.74 Å². The molecular formula is C18H22ClN3O2. The van der Waals surface area contributed by atoms with Gasteiger partial charge in [0.05, 0.1) is 24.8 Å². The van der Waals surface area contributed by atoms with Gasteiger partial charge in [0.15, 0.2) is 0 Å². The van der Waals surface area contributed by atoms with Gasteiger partial charge in [-0.1, -0.05) is 23.7 Å². The lowest BCUT2D eigenvalue weighted by Gasteiger charge is -2.35. The van der Waals surface area contributed by atoms with Crippen molar-refractivity contribution in [2.75, 3.05) is 32.8 Å². The molecule has 1 aliphatic heterocycles. The van der Waals surface area contributed by atoms with E-state index in [1.54, 1.807) is 12.3 Å². The molecule has 1 amide bonds. The first-order chi connectivity index (χ1) is 11.6. The van der Waals surface area contributed by atoms with Crippen molar-refractivity contribution in [1.29, 1.82) is 0 Å². The van der Waals surface area contributed by atoms with Gasteiger partial charge in [0.1, 0.15) is 0 Å². The number of benzene rings is 1. The van der Waals surface area contributed by atoms with Crippen LogP contribution in [0.15, 0.2) is 36.5 Å². The van der Waals surface area contributed by atoms with E-state index in [0.717, 1.165) is 24.3 Å². The molecule has 3 rings (SSSR count). The van der Waals surface area contributed by atoms with E-state index in [4.69, 9.17) is 16.3 Å². The van der Waals surface area contributed by atoms with Gasteiger partial charge >= 0.3 is 0 Å². The van der Waals surface area contributed by atoms with Crippen molar-refractivity contribution in [2.45, 2.75) is 13.0 Å². The second-order valence-corrected chi connectivity index (χ2v) is 6.38. The number of carbonyl (C=O) groups is 1. The highest BCUT2D eigenvalue weighted by atomic mass is 35.5. The van der Waals surface area contributed by atoms with Gasteiger partial charge in [-0.3, -0.25) is 9.69 Å². The van der Waals surface area contributed by atoms with E-state index in [2.05, 4.69) is 21.3 Å². The zero-order chi connectivity index (χ0) is 16.9. The number of carbonyl (C=O) groups excluding carboxylic acids is 1. The Morgan fingerprint density at radius 1 is 1.38 bits per heavy atom. The molecule has 1 aromatic carbocycles. The molecule has 0 radical (unpaired) electrons. The summed E-state index contributed by atoms with van der Waals surface area (Å²) in [7, 11) is 0. The predicted octanol–water partition coefficient (Wildman–Crippen LogP) is 2.78. The number of ether oxygens (including phenoxy) is 1. The normalized spacial score (nSPS) is 16.8. The van der Waals surface area contributed by atoms with Crippen LogP contribution in [0.1, 0.15) is 27.7 Å². The summed E-state index contributed by atoms with van der Waals surface area (Å²) in [5.41, 5.74) is 2.66. The maximum absolute atomic E-state index is 12.4. The number of hydrogen-bond acceptors (Lipinski definition) is 3. The molecule has 6 heteroatoms. The topological polar surface area (TPSA) is 57.4 Å². The maximum Gasteiger partial charge on any atom is 0.253 e. The van der Waals surface area contributed by atoms with Crippen LogP contribution in [0.25, 0.3) is 0 Å². The first-order valence-electron chi connectivity index (χ1n) is 8.14. The third-order valence-corrected chi connectivity index (χ3v) is 4.61. The summed E-state index contributed by atoms with van der Waals surface area (Å²) in [5.74, 6) is -0.0611. The van der Waals surface area contributed by atoms with E-state index >= 15 is 0 Å². The average Bonchev–Trinajstić information content (AvgIpc) is 3.02. The number of aromatic amines is 1. The first kappa shape index (κ1) is 17.0. The van der Waals surface area contributed by atoms with E-state index in [-0.39, 0.29) is 11.9 Å². The monoisotopic (exact) mass is 347 g/mol. The minimum absolute atomic E-state index is 0.0611. The summed E-state index contributed by atoms with van der Waals surface area (Å²) in [5, 5.41) is 3.76. The van der Waals surface area contributed by atoms with Gasteiger partial charge < -0.3 is 15.0 Å². The predicted molar refractivity (Wildman–Crippen MR) is 94.4 cm³/mol. The van der Waals surface area contributed by atoms with Crippen molar-refractivity contribution in [3.05, 3.63) is 58.4 Å². The maximum atomic E-state index is 12.4. The average molecular weight is 348 g/mol. The van der Waals surface area contributed by atoms with Gasteiger partial charge in [-0.05, 0) is 30.7 Å². The number of aromatic nitrogens is 1. The Morgan fingerprint density at radius 2 is 2.17 bits per heavy atom. The number of amides is 1. The van der Waals surface area contributed by atoms with Gasteiger partial charge in [0, 0.05) is 36.5 Å². The summed E-state index contributed by atoms with van der Waals surface area (Å²) in [6, 6.07) is 9.71. The highest BCUT2D eigenvalue weighted by Gasteiger charge is 2.24. The van der Waals surface area contributed by atoms with Crippen molar-refractivity contribution in [1.82, 2.24) is 15.2 Å². The smallest absolute Gasteiger partial charge is 0.253 e. The standard InChI is InChI=1S/C18H22ClN3O2/c1-13-16(5-6-20-13)18(23)21-12-17(22-7-9-24-10-8-22)14-3-2-4-15(19)11-14/h2-6,11,17,20H,7-10,12H2,1H3,(H,21,23)/t17-/m0/s1. The minimum atomic E-state index is -0.0611. The van der Waals surface area contributed by atoms with Crippen LogP contribution < -0.4 is 5.32 Å². The third kappa shape index (κ3) is 3.98. The van der Waals surface area contributed by atoms with Crippen LogP contribution in [-0.4, -0.2) is 48.6 Å². The van der Waals surface area contributed by atoms with Crippen LogP contribution in [0.4, 0.5) is 0 Å². The van der Waals surface area contributed by atoms with Crippen molar-refractivity contribution in [3.63, 3.8) is 0 Å². The second-order valence-electron chi connectivity index (χ2n) is 5.95. The van der Waals surface area contributed by atoms with Gasteiger partial charge in [-0.25, -0.2) is 0 Å². The molecule has 0 unspecified atom stereocenters. The molecule has 0 spiro atoms. The van der Waals surface area contributed by atoms with Crippen LogP contribution in [0.3, 0.4) is 0 Å². The third-order valence-electron chi connectivity index (χ3n) is 4.37.